The Morgan fingerprint density at radius 3 is 3.00 bits per heavy atom. The zero-order valence-corrected chi connectivity index (χ0v) is 11.8. The monoisotopic (exact) mass is 263 g/mol. The highest BCUT2D eigenvalue weighted by Crippen LogP contribution is 2.30. The maximum atomic E-state index is 5.46. The third-order valence-electron chi connectivity index (χ3n) is 4.06. The van der Waals surface area contributed by atoms with Crippen LogP contribution in [0, 0.1) is 0 Å². The molecule has 1 aliphatic carbocycles. The molecule has 1 aromatic carbocycles. The Hall–Kier alpha value is -0.670. The molecule has 3 rings (SSSR count). The summed E-state index contributed by atoms with van der Waals surface area (Å²) in [6.45, 7) is 0. The predicted octanol–water partition coefficient (Wildman–Crippen LogP) is 2.65. The van der Waals surface area contributed by atoms with Crippen molar-refractivity contribution in [2.24, 2.45) is 0 Å². The number of nitrogens with one attached hydrogen (secondary N) is 1. The van der Waals surface area contributed by atoms with Crippen molar-refractivity contribution in [3.63, 3.8) is 0 Å². The molecule has 2 nitrogen and oxygen atoms in total. The minimum absolute atomic E-state index is 0.660. The van der Waals surface area contributed by atoms with Crippen LogP contribution in [-0.4, -0.2) is 30.7 Å². The summed E-state index contributed by atoms with van der Waals surface area (Å²) in [7, 11) is 1.77. The number of methoxy groups -OCH3 is 1. The van der Waals surface area contributed by atoms with Crippen molar-refractivity contribution < 1.29 is 4.74 Å². The van der Waals surface area contributed by atoms with E-state index in [0.717, 1.165) is 24.6 Å². The van der Waals surface area contributed by atoms with Crippen LogP contribution in [0.5, 0.6) is 5.75 Å². The highest BCUT2D eigenvalue weighted by molar-refractivity contribution is 7.99. The molecule has 2 aliphatic rings. The maximum Gasteiger partial charge on any atom is 0.122 e. The molecule has 18 heavy (non-hydrogen) atoms. The van der Waals surface area contributed by atoms with Gasteiger partial charge in [0.1, 0.15) is 5.75 Å². The van der Waals surface area contributed by atoms with Crippen molar-refractivity contribution in [2.75, 3.05) is 18.6 Å². The fraction of sp³-hybridized carbons (Fsp3) is 0.600. The molecular weight excluding hydrogens is 242 g/mol. The van der Waals surface area contributed by atoms with Crippen LogP contribution in [0.3, 0.4) is 0 Å². The fourth-order valence-corrected chi connectivity index (χ4v) is 4.27. The Kier molecular flexibility index (Phi) is 3.80. The minimum atomic E-state index is 0.660. The van der Waals surface area contributed by atoms with Crippen LogP contribution in [0.25, 0.3) is 0 Å². The first-order valence-electron chi connectivity index (χ1n) is 6.85. The molecule has 0 unspecified atom stereocenters. The second-order valence-electron chi connectivity index (χ2n) is 5.26. The molecule has 1 N–H and O–H groups in total. The van der Waals surface area contributed by atoms with Gasteiger partial charge in [-0.2, -0.15) is 11.8 Å². The standard InChI is InChI=1S/C15H21NOS/c1-17-15-4-2-3-11-9-12(5-6-14(11)15)16-13-7-8-18-10-13/h2-4,12-13,16H,5-10H2,1H3/t12-,13+/m1/s1. The number of fused-ring (bicyclic) bond motifs is 1. The van der Waals surface area contributed by atoms with Gasteiger partial charge in [-0.05, 0) is 48.6 Å². The van der Waals surface area contributed by atoms with Crippen LogP contribution in [0.15, 0.2) is 18.2 Å². The summed E-state index contributed by atoms with van der Waals surface area (Å²) in [5.74, 6) is 3.69. The average Bonchev–Trinajstić information content (AvgIpc) is 2.90. The molecular formula is C15H21NOS. The summed E-state index contributed by atoms with van der Waals surface area (Å²) in [5.41, 5.74) is 2.91. The molecule has 1 aromatic rings. The molecule has 1 saturated heterocycles. The summed E-state index contributed by atoms with van der Waals surface area (Å²) < 4.78 is 5.46. The molecule has 98 valence electrons. The van der Waals surface area contributed by atoms with E-state index in [1.165, 1.54) is 35.5 Å². The molecule has 0 amide bonds. The van der Waals surface area contributed by atoms with Crippen LogP contribution < -0.4 is 10.1 Å². The molecule has 3 heteroatoms. The lowest BCUT2D eigenvalue weighted by molar-refractivity contribution is 0.385. The molecule has 1 fully saturated rings. The lowest BCUT2D eigenvalue weighted by Gasteiger charge is -2.29. The highest BCUT2D eigenvalue weighted by atomic mass is 32.2. The van der Waals surface area contributed by atoms with Gasteiger partial charge in [0.05, 0.1) is 7.11 Å². The van der Waals surface area contributed by atoms with E-state index in [0.29, 0.717) is 6.04 Å². The summed E-state index contributed by atoms with van der Waals surface area (Å²) in [4.78, 5) is 0. The number of benzene rings is 1. The summed E-state index contributed by atoms with van der Waals surface area (Å²) >= 11 is 2.08. The minimum Gasteiger partial charge on any atom is -0.496 e. The predicted molar refractivity (Wildman–Crippen MR) is 77.7 cm³/mol. The van der Waals surface area contributed by atoms with Crippen LogP contribution in [-0.2, 0) is 12.8 Å². The van der Waals surface area contributed by atoms with Crippen molar-refractivity contribution in [1.29, 1.82) is 0 Å². The zero-order valence-electron chi connectivity index (χ0n) is 10.9. The quantitative estimate of drug-likeness (QED) is 0.906. The molecule has 0 saturated carbocycles. The molecule has 0 bridgehead atoms. The van der Waals surface area contributed by atoms with Crippen LogP contribution in [0.2, 0.25) is 0 Å². The van der Waals surface area contributed by atoms with E-state index >= 15 is 0 Å². The summed E-state index contributed by atoms with van der Waals surface area (Å²) in [5, 5.41) is 3.83. The Bertz CT molecular complexity index is 415. The largest absolute Gasteiger partial charge is 0.496 e. The lowest BCUT2D eigenvalue weighted by atomic mass is 9.87. The van der Waals surface area contributed by atoms with Gasteiger partial charge in [-0.1, -0.05) is 12.1 Å². The van der Waals surface area contributed by atoms with Gasteiger partial charge >= 0.3 is 0 Å². The van der Waals surface area contributed by atoms with Crippen LogP contribution >= 0.6 is 11.8 Å². The highest BCUT2D eigenvalue weighted by Gasteiger charge is 2.24. The van der Waals surface area contributed by atoms with E-state index in [1.54, 1.807) is 7.11 Å². The number of ether oxygens (including phenoxy) is 1. The Morgan fingerprint density at radius 2 is 2.22 bits per heavy atom. The Morgan fingerprint density at radius 1 is 1.28 bits per heavy atom. The zero-order chi connectivity index (χ0) is 12.4. The van der Waals surface area contributed by atoms with Crippen LogP contribution in [0.4, 0.5) is 0 Å². The first-order chi connectivity index (χ1) is 8.86. The smallest absolute Gasteiger partial charge is 0.122 e. The molecule has 0 aromatic heterocycles. The third-order valence-corrected chi connectivity index (χ3v) is 5.22. The van der Waals surface area contributed by atoms with Gasteiger partial charge in [0.15, 0.2) is 0 Å². The van der Waals surface area contributed by atoms with E-state index in [2.05, 4.69) is 35.3 Å². The fourth-order valence-electron chi connectivity index (χ4n) is 3.10. The van der Waals surface area contributed by atoms with Crippen molar-refractivity contribution in [3.8, 4) is 5.75 Å². The maximum absolute atomic E-state index is 5.46. The van der Waals surface area contributed by atoms with Gasteiger partial charge < -0.3 is 10.1 Å². The number of rotatable bonds is 3. The van der Waals surface area contributed by atoms with Gasteiger partial charge in [-0.15, -0.1) is 0 Å². The van der Waals surface area contributed by atoms with E-state index in [1.807, 2.05) is 0 Å². The Labute approximate surface area is 113 Å². The molecule has 0 radical (unpaired) electrons. The van der Waals surface area contributed by atoms with Crippen molar-refractivity contribution in [3.05, 3.63) is 29.3 Å². The van der Waals surface area contributed by atoms with Gasteiger partial charge in [0.25, 0.3) is 0 Å². The first kappa shape index (κ1) is 12.4. The van der Waals surface area contributed by atoms with Crippen molar-refractivity contribution in [1.82, 2.24) is 5.32 Å². The first-order valence-corrected chi connectivity index (χ1v) is 8.01. The normalized spacial score (nSPS) is 26.9. The second kappa shape index (κ2) is 5.54. The van der Waals surface area contributed by atoms with Gasteiger partial charge in [-0.3, -0.25) is 0 Å². The van der Waals surface area contributed by atoms with Gasteiger partial charge in [0, 0.05) is 17.8 Å². The summed E-state index contributed by atoms with van der Waals surface area (Å²) in [6.07, 6.45) is 4.89. The van der Waals surface area contributed by atoms with Crippen molar-refractivity contribution in [2.45, 2.75) is 37.8 Å². The van der Waals surface area contributed by atoms with Crippen molar-refractivity contribution >= 4 is 11.8 Å². The number of hydrogen-bond acceptors (Lipinski definition) is 3. The Balaban J connectivity index is 1.69. The lowest BCUT2D eigenvalue weighted by Crippen LogP contribution is -2.41. The molecule has 1 heterocycles. The van der Waals surface area contributed by atoms with E-state index in [9.17, 15) is 0 Å². The number of hydrogen-bond donors (Lipinski definition) is 1. The van der Waals surface area contributed by atoms with E-state index in [-0.39, 0.29) is 0 Å². The van der Waals surface area contributed by atoms with E-state index in [4.69, 9.17) is 4.74 Å². The summed E-state index contributed by atoms with van der Waals surface area (Å²) in [6, 6.07) is 7.86. The molecule has 0 spiro atoms. The van der Waals surface area contributed by atoms with Crippen LogP contribution in [0.1, 0.15) is 24.0 Å². The van der Waals surface area contributed by atoms with Gasteiger partial charge in [-0.25, -0.2) is 0 Å². The topological polar surface area (TPSA) is 21.3 Å². The second-order valence-corrected chi connectivity index (χ2v) is 6.41. The average molecular weight is 263 g/mol. The third kappa shape index (κ3) is 2.52. The SMILES string of the molecule is COc1cccc2c1CC[C@@H](N[C@H]1CCSC1)C2. The number of thioether (sulfide) groups is 1. The molecule has 2 atom stereocenters. The van der Waals surface area contributed by atoms with E-state index < -0.39 is 0 Å². The van der Waals surface area contributed by atoms with Gasteiger partial charge in [0.2, 0.25) is 0 Å². The molecule has 1 aliphatic heterocycles.